The molecule has 0 aromatic heterocycles. The fourth-order valence-corrected chi connectivity index (χ4v) is 5.78. The number of halogens is 1. The second-order valence-corrected chi connectivity index (χ2v) is 10.5. The van der Waals surface area contributed by atoms with Gasteiger partial charge in [0.1, 0.15) is 5.75 Å². The number of carbonyl (C=O) groups is 1. The molecule has 6 heteroatoms. The molecule has 5 nitrogen and oxygen atoms in total. The quantitative estimate of drug-likeness (QED) is 0.489. The number of ether oxygens (including phenoxy) is 1. The number of amides is 1. The monoisotopic (exact) mass is 497 g/mol. The van der Waals surface area contributed by atoms with Gasteiger partial charge in [-0.05, 0) is 107 Å². The highest BCUT2D eigenvalue weighted by Gasteiger charge is 2.26. The van der Waals surface area contributed by atoms with Crippen LogP contribution in [0.2, 0.25) is 5.02 Å². The Morgan fingerprint density at radius 1 is 1.14 bits per heavy atom. The molecule has 2 saturated heterocycles. The predicted octanol–water partition coefficient (Wildman–Crippen LogP) is 6.17. The molecule has 0 saturated carbocycles. The van der Waals surface area contributed by atoms with Gasteiger partial charge in [-0.3, -0.25) is 4.79 Å². The molecule has 35 heavy (non-hydrogen) atoms. The molecule has 190 valence electrons. The minimum atomic E-state index is -0.156. The van der Waals surface area contributed by atoms with Gasteiger partial charge in [0.05, 0.1) is 23.5 Å². The van der Waals surface area contributed by atoms with Gasteiger partial charge in [0.2, 0.25) is 0 Å². The molecule has 2 fully saturated rings. The van der Waals surface area contributed by atoms with Gasteiger partial charge in [0.15, 0.2) is 0 Å². The van der Waals surface area contributed by atoms with E-state index in [4.69, 9.17) is 16.3 Å². The van der Waals surface area contributed by atoms with Crippen molar-refractivity contribution in [2.45, 2.75) is 58.3 Å². The maximum atomic E-state index is 13.2. The lowest BCUT2D eigenvalue weighted by atomic mass is 9.91. The van der Waals surface area contributed by atoms with E-state index in [1.165, 1.54) is 69.4 Å². The van der Waals surface area contributed by atoms with Crippen LogP contribution < -0.4 is 10.1 Å². The number of carbonyl (C=O) groups excluding carboxylic acids is 1. The highest BCUT2D eigenvalue weighted by molar-refractivity contribution is 6.32. The molecular formula is C29H40ClN3O2. The molecule has 2 aliphatic heterocycles. The summed E-state index contributed by atoms with van der Waals surface area (Å²) in [6.07, 6.45) is 16.2. The van der Waals surface area contributed by atoms with Crippen molar-refractivity contribution in [3.05, 3.63) is 64.0 Å². The summed E-state index contributed by atoms with van der Waals surface area (Å²) in [7, 11) is 1.57. The van der Waals surface area contributed by atoms with Crippen molar-refractivity contribution in [3.8, 4) is 5.75 Å². The lowest BCUT2D eigenvalue weighted by molar-refractivity contribution is 0.0963. The van der Waals surface area contributed by atoms with Crippen molar-refractivity contribution in [2.24, 2.45) is 5.92 Å². The lowest BCUT2D eigenvalue weighted by Crippen LogP contribution is -2.39. The molecular weight excluding hydrogens is 458 g/mol. The number of piperidine rings is 2. The molecule has 0 radical (unpaired) electrons. The number of rotatable bonds is 7. The first kappa shape index (κ1) is 25.8. The number of allylic oxidation sites excluding steroid dienone is 4. The molecule has 1 amide bonds. The van der Waals surface area contributed by atoms with Crippen LogP contribution in [0.15, 0.2) is 53.4 Å². The van der Waals surface area contributed by atoms with Crippen LogP contribution in [0.5, 0.6) is 5.75 Å². The minimum absolute atomic E-state index is 0.156. The first-order valence-electron chi connectivity index (χ1n) is 13.2. The Labute approximate surface area is 215 Å². The van der Waals surface area contributed by atoms with E-state index in [0.29, 0.717) is 16.3 Å². The van der Waals surface area contributed by atoms with E-state index in [9.17, 15) is 4.79 Å². The third-order valence-electron chi connectivity index (χ3n) is 7.64. The molecule has 0 atom stereocenters. The zero-order valence-electron chi connectivity index (χ0n) is 21.3. The van der Waals surface area contributed by atoms with Gasteiger partial charge >= 0.3 is 0 Å². The molecule has 0 bridgehead atoms. The average Bonchev–Trinajstić information content (AvgIpc) is 2.87. The van der Waals surface area contributed by atoms with Crippen molar-refractivity contribution >= 4 is 17.5 Å². The Balaban J connectivity index is 1.42. The molecule has 1 aliphatic carbocycles. The molecule has 4 rings (SSSR count). The van der Waals surface area contributed by atoms with Gasteiger partial charge < -0.3 is 19.9 Å². The van der Waals surface area contributed by atoms with Gasteiger partial charge in [-0.15, -0.1) is 0 Å². The molecule has 1 aromatic rings. The van der Waals surface area contributed by atoms with Crippen molar-refractivity contribution in [2.75, 3.05) is 39.8 Å². The molecule has 1 N–H and O–H groups in total. The van der Waals surface area contributed by atoms with Crippen LogP contribution >= 0.6 is 11.6 Å². The predicted molar refractivity (Wildman–Crippen MR) is 144 cm³/mol. The maximum absolute atomic E-state index is 13.2. The third-order valence-corrected chi connectivity index (χ3v) is 7.93. The number of nitrogens with one attached hydrogen (secondary N) is 1. The smallest absolute Gasteiger partial charge is 0.255 e. The van der Waals surface area contributed by atoms with E-state index in [0.717, 1.165) is 37.5 Å². The summed E-state index contributed by atoms with van der Waals surface area (Å²) in [5, 5.41) is 3.63. The fraction of sp³-hybridized carbons (Fsp3) is 0.552. The van der Waals surface area contributed by atoms with Crippen LogP contribution in [0.1, 0.15) is 68.6 Å². The van der Waals surface area contributed by atoms with Crippen molar-refractivity contribution < 1.29 is 9.53 Å². The highest BCUT2D eigenvalue weighted by Crippen LogP contribution is 2.30. The fourth-order valence-electron chi connectivity index (χ4n) is 5.52. The summed E-state index contributed by atoms with van der Waals surface area (Å²) in [5.41, 5.74) is 3.93. The largest absolute Gasteiger partial charge is 0.495 e. The zero-order chi connectivity index (χ0) is 24.6. The lowest BCUT2D eigenvalue weighted by Gasteiger charge is -2.38. The number of nitrogens with zero attached hydrogens (tertiary/aromatic N) is 2. The number of methoxy groups -OCH3 is 1. The van der Waals surface area contributed by atoms with Gasteiger partial charge in [-0.25, -0.2) is 0 Å². The van der Waals surface area contributed by atoms with E-state index in [1.54, 1.807) is 25.3 Å². The van der Waals surface area contributed by atoms with E-state index in [-0.39, 0.29) is 5.91 Å². The number of hydrogen-bond acceptors (Lipinski definition) is 4. The Kier molecular flexibility index (Phi) is 9.33. The summed E-state index contributed by atoms with van der Waals surface area (Å²) in [4.78, 5) is 18.3. The third kappa shape index (κ3) is 6.92. The van der Waals surface area contributed by atoms with E-state index in [1.807, 2.05) is 6.08 Å². The van der Waals surface area contributed by atoms with Gasteiger partial charge in [0, 0.05) is 18.7 Å². The Bertz CT molecular complexity index is 970. The first-order valence-corrected chi connectivity index (χ1v) is 13.6. The molecule has 0 spiro atoms. The number of benzene rings is 1. The average molecular weight is 498 g/mol. The Morgan fingerprint density at radius 3 is 2.63 bits per heavy atom. The first-order chi connectivity index (χ1) is 17.0. The SMILES string of the molecule is COc1ccc(C(=O)NC2=CC=CCCC(C)=C2N2CCC(CCN3CCCCC3)CC2)cc1Cl. The molecule has 1 aromatic carbocycles. The summed E-state index contributed by atoms with van der Waals surface area (Å²) >= 11 is 6.28. The number of hydrogen-bond donors (Lipinski definition) is 1. The van der Waals surface area contributed by atoms with Crippen LogP contribution in [-0.4, -0.2) is 55.5 Å². The standard InChI is InChI=1S/C29H40ClN3O2/c1-22-9-5-3-6-10-26(31-29(34)24-11-12-27(35-2)25(30)21-24)28(22)33-19-14-23(15-20-33)13-18-32-16-7-4-8-17-32/h3,6,10-12,21,23H,4-5,7-9,13-20H2,1-2H3,(H,31,34). The summed E-state index contributed by atoms with van der Waals surface area (Å²) in [6.45, 7) is 8.12. The minimum Gasteiger partial charge on any atom is -0.495 e. The van der Waals surface area contributed by atoms with E-state index < -0.39 is 0 Å². The van der Waals surface area contributed by atoms with Crippen molar-refractivity contribution in [1.29, 1.82) is 0 Å². The van der Waals surface area contributed by atoms with E-state index >= 15 is 0 Å². The zero-order valence-corrected chi connectivity index (χ0v) is 22.1. The van der Waals surface area contributed by atoms with Crippen LogP contribution in [0, 0.1) is 5.92 Å². The number of likely N-dealkylation sites (tertiary alicyclic amines) is 2. The normalized spacial score (nSPS) is 20.3. The van der Waals surface area contributed by atoms with Crippen molar-refractivity contribution in [1.82, 2.24) is 15.1 Å². The second-order valence-electron chi connectivity index (χ2n) is 10.1. The summed E-state index contributed by atoms with van der Waals surface area (Å²) < 4.78 is 5.23. The maximum Gasteiger partial charge on any atom is 0.255 e. The molecule has 2 heterocycles. The van der Waals surface area contributed by atoms with Crippen LogP contribution in [-0.2, 0) is 0 Å². The highest BCUT2D eigenvalue weighted by atomic mass is 35.5. The van der Waals surface area contributed by atoms with Crippen LogP contribution in [0.3, 0.4) is 0 Å². The van der Waals surface area contributed by atoms with Gasteiger partial charge in [0.25, 0.3) is 5.91 Å². The van der Waals surface area contributed by atoms with E-state index in [2.05, 4.69) is 34.2 Å². The summed E-state index contributed by atoms with van der Waals surface area (Å²) in [6, 6.07) is 5.16. The van der Waals surface area contributed by atoms with Gasteiger partial charge in [-0.2, -0.15) is 0 Å². The summed E-state index contributed by atoms with van der Waals surface area (Å²) in [5.74, 6) is 1.21. The topological polar surface area (TPSA) is 44.8 Å². The van der Waals surface area contributed by atoms with Gasteiger partial charge in [-0.1, -0.05) is 30.2 Å². The van der Waals surface area contributed by atoms with Crippen LogP contribution in [0.4, 0.5) is 0 Å². The molecule has 0 unspecified atom stereocenters. The Morgan fingerprint density at radius 2 is 1.91 bits per heavy atom. The second kappa shape index (κ2) is 12.6. The van der Waals surface area contributed by atoms with Crippen LogP contribution in [0.25, 0.3) is 0 Å². The Hall–Kier alpha value is -2.24. The molecule has 3 aliphatic rings. The van der Waals surface area contributed by atoms with Crippen molar-refractivity contribution in [3.63, 3.8) is 0 Å².